The van der Waals surface area contributed by atoms with Crippen LogP contribution in [0.15, 0.2) is 29.1 Å². The van der Waals surface area contributed by atoms with Gasteiger partial charge in [0.2, 0.25) is 10.1 Å². The van der Waals surface area contributed by atoms with Crippen LogP contribution in [-0.2, 0) is 6.42 Å². The van der Waals surface area contributed by atoms with Gasteiger partial charge in [0.1, 0.15) is 11.4 Å². The van der Waals surface area contributed by atoms with Crippen molar-refractivity contribution in [3.8, 4) is 5.75 Å². The highest BCUT2D eigenvalue weighted by Gasteiger charge is 2.12. The fourth-order valence-electron chi connectivity index (χ4n) is 2.11. The topological polar surface area (TPSA) is 81.4 Å². The van der Waals surface area contributed by atoms with Crippen LogP contribution >= 0.6 is 11.3 Å². The molecule has 120 valence electrons. The molecule has 0 fully saturated rings. The lowest BCUT2D eigenvalue weighted by Gasteiger charge is -2.09. The molecule has 1 aromatic carbocycles. The van der Waals surface area contributed by atoms with Crippen LogP contribution in [0.3, 0.4) is 0 Å². The van der Waals surface area contributed by atoms with Gasteiger partial charge in [0.25, 0.3) is 5.56 Å². The van der Waals surface area contributed by atoms with Crippen LogP contribution in [0.25, 0.3) is 4.96 Å². The van der Waals surface area contributed by atoms with E-state index in [0.29, 0.717) is 22.2 Å². The highest BCUT2D eigenvalue weighted by Crippen LogP contribution is 2.16. The zero-order chi connectivity index (χ0) is 16.4. The van der Waals surface area contributed by atoms with Gasteiger partial charge >= 0.3 is 0 Å². The molecule has 0 aliphatic carbocycles. The van der Waals surface area contributed by atoms with Crippen molar-refractivity contribution in [2.75, 3.05) is 12.4 Å². The molecule has 0 aliphatic rings. The highest BCUT2D eigenvalue weighted by molar-refractivity contribution is 7.20. The number of nitrogens with zero attached hydrogens (tertiary/aromatic N) is 4. The first-order valence-electron chi connectivity index (χ1n) is 7.25. The van der Waals surface area contributed by atoms with Crippen LogP contribution in [0.4, 0.5) is 5.13 Å². The van der Waals surface area contributed by atoms with Crippen molar-refractivity contribution in [3.05, 3.63) is 45.9 Å². The molecule has 3 rings (SSSR count). The zero-order valence-corrected chi connectivity index (χ0v) is 13.9. The van der Waals surface area contributed by atoms with Gasteiger partial charge < -0.3 is 10.1 Å². The van der Waals surface area contributed by atoms with Crippen molar-refractivity contribution in [1.29, 1.82) is 0 Å². The summed E-state index contributed by atoms with van der Waals surface area (Å²) in [6.45, 7) is 3.96. The summed E-state index contributed by atoms with van der Waals surface area (Å²) in [6, 6.07) is 7.63. The molecule has 0 saturated heterocycles. The molecule has 0 aliphatic heterocycles. The maximum atomic E-state index is 12.4. The van der Waals surface area contributed by atoms with E-state index >= 15 is 0 Å². The third-order valence-electron chi connectivity index (χ3n) is 3.14. The molecule has 2 heterocycles. The van der Waals surface area contributed by atoms with Gasteiger partial charge in [0.05, 0.1) is 6.10 Å². The molecule has 0 bridgehead atoms. The fourth-order valence-corrected chi connectivity index (χ4v) is 2.80. The van der Waals surface area contributed by atoms with Crippen molar-refractivity contribution in [2.24, 2.45) is 0 Å². The quantitative estimate of drug-likeness (QED) is 0.770. The van der Waals surface area contributed by atoms with E-state index in [1.807, 2.05) is 38.1 Å². The summed E-state index contributed by atoms with van der Waals surface area (Å²) in [6.07, 6.45) is 0.535. The smallest absolute Gasteiger partial charge is 0.297 e. The van der Waals surface area contributed by atoms with E-state index in [2.05, 4.69) is 20.6 Å². The number of nitrogens with one attached hydrogen (secondary N) is 1. The first-order chi connectivity index (χ1) is 11.1. The third-order valence-corrected chi connectivity index (χ3v) is 4.05. The SMILES string of the molecule is CNc1nn2c(=O)c(Cc3ccc(OC(C)C)cc3)nnc2s1. The number of fused-ring (bicyclic) bond motifs is 1. The molecule has 8 heteroatoms. The van der Waals surface area contributed by atoms with Crippen LogP contribution in [0.2, 0.25) is 0 Å². The molecule has 0 unspecified atom stereocenters. The largest absolute Gasteiger partial charge is 0.491 e. The Labute approximate surface area is 137 Å². The number of aromatic nitrogens is 4. The Morgan fingerprint density at radius 3 is 2.65 bits per heavy atom. The van der Waals surface area contributed by atoms with Crippen LogP contribution in [0, 0.1) is 0 Å². The second-order valence-electron chi connectivity index (χ2n) is 5.29. The van der Waals surface area contributed by atoms with E-state index < -0.39 is 0 Å². The van der Waals surface area contributed by atoms with Crippen molar-refractivity contribution < 1.29 is 4.74 Å². The minimum atomic E-state index is -0.241. The molecule has 1 N–H and O–H groups in total. The Morgan fingerprint density at radius 1 is 1.26 bits per heavy atom. The predicted octanol–water partition coefficient (Wildman–Crippen LogP) is 1.97. The van der Waals surface area contributed by atoms with Gasteiger partial charge in [-0.25, -0.2) is 0 Å². The molecule has 0 atom stereocenters. The van der Waals surface area contributed by atoms with Crippen LogP contribution in [-0.4, -0.2) is 33.0 Å². The van der Waals surface area contributed by atoms with Gasteiger partial charge in [0.15, 0.2) is 0 Å². The fraction of sp³-hybridized carbons (Fsp3) is 0.333. The summed E-state index contributed by atoms with van der Waals surface area (Å²) in [5, 5.41) is 15.8. The summed E-state index contributed by atoms with van der Waals surface area (Å²) in [7, 11) is 1.75. The Balaban J connectivity index is 1.86. The molecular formula is C15H17N5O2S. The molecule has 0 radical (unpaired) electrons. The van der Waals surface area contributed by atoms with E-state index in [1.54, 1.807) is 7.05 Å². The Morgan fingerprint density at radius 2 is 2.00 bits per heavy atom. The molecule has 2 aromatic heterocycles. The predicted molar refractivity (Wildman–Crippen MR) is 89.5 cm³/mol. The lowest BCUT2D eigenvalue weighted by Crippen LogP contribution is -2.22. The van der Waals surface area contributed by atoms with Gasteiger partial charge in [-0.3, -0.25) is 4.79 Å². The molecule has 0 amide bonds. The first-order valence-corrected chi connectivity index (χ1v) is 8.07. The highest BCUT2D eigenvalue weighted by atomic mass is 32.1. The number of benzene rings is 1. The first kappa shape index (κ1) is 15.4. The standard InChI is InChI=1S/C15H17N5O2S/c1-9(2)22-11-6-4-10(5-7-11)8-12-13(21)20-15(18-17-12)23-14(16-3)19-20/h4-7,9H,8H2,1-3H3,(H,16,19). The molecule has 23 heavy (non-hydrogen) atoms. The summed E-state index contributed by atoms with van der Waals surface area (Å²) in [4.78, 5) is 12.9. The maximum absolute atomic E-state index is 12.4. The second kappa shape index (κ2) is 6.33. The molecular weight excluding hydrogens is 314 g/mol. The Bertz CT molecular complexity index is 870. The van der Waals surface area contributed by atoms with E-state index in [4.69, 9.17) is 4.74 Å². The van der Waals surface area contributed by atoms with Gasteiger partial charge in [-0.2, -0.15) is 4.52 Å². The number of anilines is 1. The zero-order valence-electron chi connectivity index (χ0n) is 13.1. The molecule has 7 nitrogen and oxygen atoms in total. The van der Waals surface area contributed by atoms with Crippen LogP contribution in [0.5, 0.6) is 5.75 Å². The van der Waals surface area contributed by atoms with E-state index in [1.165, 1.54) is 15.9 Å². The summed E-state index contributed by atoms with van der Waals surface area (Å²) >= 11 is 1.28. The number of hydrogen-bond donors (Lipinski definition) is 1. The molecule has 3 aromatic rings. The maximum Gasteiger partial charge on any atom is 0.297 e. The van der Waals surface area contributed by atoms with Crippen molar-refractivity contribution in [1.82, 2.24) is 19.8 Å². The lowest BCUT2D eigenvalue weighted by molar-refractivity contribution is 0.242. The average Bonchev–Trinajstić information content (AvgIpc) is 2.95. The van der Waals surface area contributed by atoms with Crippen molar-refractivity contribution >= 4 is 21.4 Å². The number of ether oxygens (including phenoxy) is 1. The van der Waals surface area contributed by atoms with Crippen molar-refractivity contribution in [2.45, 2.75) is 26.4 Å². The number of hydrogen-bond acceptors (Lipinski definition) is 7. The summed E-state index contributed by atoms with van der Waals surface area (Å²) in [5.41, 5.74) is 1.10. The minimum Gasteiger partial charge on any atom is -0.491 e. The number of rotatable bonds is 5. The normalized spacial score (nSPS) is 11.1. The molecule has 0 saturated carbocycles. The summed E-state index contributed by atoms with van der Waals surface area (Å²) < 4.78 is 6.89. The van der Waals surface area contributed by atoms with Gasteiger partial charge in [-0.05, 0) is 31.5 Å². The Kier molecular flexibility index (Phi) is 4.24. The second-order valence-corrected chi connectivity index (χ2v) is 6.25. The minimum absolute atomic E-state index is 0.129. The third kappa shape index (κ3) is 3.31. The van der Waals surface area contributed by atoms with Gasteiger partial charge in [0, 0.05) is 13.5 Å². The van der Waals surface area contributed by atoms with E-state index in [9.17, 15) is 4.79 Å². The van der Waals surface area contributed by atoms with Crippen LogP contribution in [0.1, 0.15) is 25.1 Å². The Hall–Kier alpha value is -2.48. The van der Waals surface area contributed by atoms with Crippen LogP contribution < -0.4 is 15.6 Å². The van der Waals surface area contributed by atoms with E-state index in [-0.39, 0.29) is 11.7 Å². The van der Waals surface area contributed by atoms with E-state index in [0.717, 1.165) is 11.3 Å². The molecule has 0 spiro atoms. The average molecular weight is 331 g/mol. The van der Waals surface area contributed by atoms with Gasteiger partial charge in [-0.15, -0.1) is 15.3 Å². The van der Waals surface area contributed by atoms with Gasteiger partial charge in [-0.1, -0.05) is 23.5 Å². The monoisotopic (exact) mass is 331 g/mol. The lowest BCUT2D eigenvalue weighted by atomic mass is 10.1. The summed E-state index contributed by atoms with van der Waals surface area (Å²) in [5.74, 6) is 0.806. The van der Waals surface area contributed by atoms with Crippen molar-refractivity contribution in [3.63, 3.8) is 0 Å².